The van der Waals surface area contributed by atoms with E-state index >= 15 is 0 Å². The molecule has 0 radical (unpaired) electrons. The number of carbonyl (C=O) groups excluding carboxylic acids is 1. The smallest absolute Gasteiger partial charge is 0.223 e. The van der Waals surface area contributed by atoms with Gasteiger partial charge in [-0.05, 0) is 31.8 Å². The zero-order valence-corrected chi connectivity index (χ0v) is 12.8. The lowest BCUT2D eigenvalue weighted by Crippen LogP contribution is -2.52. The quantitative estimate of drug-likeness (QED) is 0.732. The van der Waals surface area contributed by atoms with Crippen LogP contribution < -0.4 is 10.6 Å². The van der Waals surface area contributed by atoms with Crippen LogP contribution in [-0.2, 0) is 4.79 Å². The fourth-order valence-corrected chi connectivity index (χ4v) is 2.92. The summed E-state index contributed by atoms with van der Waals surface area (Å²) in [6.07, 6.45) is 3.87. The summed E-state index contributed by atoms with van der Waals surface area (Å²) in [5, 5.41) is 16.3. The monoisotopic (exact) mass is 290 g/mol. The molecule has 0 aromatic heterocycles. The highest BCUT2D eigenvalue weighted by Gasteiger charge is 2.36. The van der Waals surface area contributed by atoms with E-state index in [-0.39, 0.29) is 35.8 Å². The van der Waals surface area contributed by atoms with E-state index in [1.807, 2.05) is 6.92 Å². The second kappa shape index (κ2) is 6.91. The van der Waals surface area contributed by atoms with Gasteiger partial charge in [-0.1, -0.05) is 26.7 Å². The summed E-state index contributed by atoms with van der Waals surface area (Å²) in [4.78, 5) is 12.0. The summed E-state index contributed by atoms with van der Waals surface area (Å²) in [7, 11) is 0. The fourth-order valence-electron chi connectivity index (χ4n) is 2.92. The standard InChI is InChI=1S/C14H26N2O2.ClH/c1-10(11-7-15-8-11)13(18)16-9-14(2)6-4-3-5-12(14)17;/h10-12,15,17H,3-9H2,1-2H3,(H,16,18);1H. The molecular weight excluding hydrogens is 264 g/mol. The van der Waals surface area contributed by atoms with Crippen LogP contribution >= 0.6 is 12.4 Å². The van der Waals surface area contributed by atoms with Crippen molar-refractivity contribution >= 4 is 18.3 Å². The van der Waals surface area contributed by atoms with Crippen LogP contribution in [0.15, 0.2) is 0 Å². The van der Waals surface area contributed by atoms with Crippen molar-refractivity contribution in [1.82, 2.24) is 10.6 Å². The summed E-state index contributed by atoms with van der Waals surface area (Å²) in [5.41, 5.74) is -0.133. The van der Waals surface area contributed by atoms with Crippen molar-refractivity contribution in [3.05, 3.63) is 0 Å². The zero-order valence-electron chi connectivity index (χ0n) is 11.9. The van der Waals surface area contributed by atoms with Crippen LogP contribution in [0.2, 0.25) is 0 Å². The molecule has 0 bridgehead atoms. The Morgan fingerprint density at radius 3 is 2.68 bits per heavy atom. The van der Waals surface area contributed by atoms with E-state index in [0.717, 1.165) is 38.8 Å². The molecule has 19 heavy (non-hydrogen) atoms. The van der Waals surface area contributed by atoms with Crippen LogP contribution in [0.3, 0.4) is 0 Å². The van der Waals surface area contributed by atoms with Gasteiger partial charge in [-0.2, -0.15) is 0 Å². The molecule has 1 saturated carbocycles. The number of nitrogens with one attached hydrogen (secondary N) is 2. The Hall–Kier alpha value is -0.320. The molecule has 0 aromatic rings. The molecule has 3 unspecified atom stereocenters. The van der Waals surface area contributed by atoms with Crippen LogP contribution in [0, 0.1) is 17.3 Å². The van der Waals surface area contributed by atoms with Crippen molar-refractivity contribution in [3.63, 3.8) is 0 Å². The summed E-state index contributed by atoms with van der Waals surface area (Å²) in [6.45, 7) is 6.60. The number of hydrogen-bond donors (Lipinski definition) is 3. The third kappa shape index (κ3) is 3.83. The normalized spacial score (nSPS) is 32.9. The summed E-state index contributed by atoms with van der Waals surface area (Å²) in [6, 6.07) is 0. The molecule has 1 aliphatic carbocycles. The minimum absolute atomic E-state index is 0. The molecule has 0 spiro atoms. The predicted molar refractivity (Wildman–Crippen MR) is 78.4 cm³/mol. The number of carbonyl (C=O) groups is 1. The van der Waals surface area contributed by atoms with Gasteiger partial charge in [0.1, 0.15) is 0 Å². The highest BCUT2D eigenvalue weighted by atomic mass is 35.5. The molecule has 1 aliphatic heterocycles. The average molecular weight is 291 g/mol. The van der Waals surface area contributed by atoms with Crippen LogP contribution in [0.5, 0.6) is 0 Å². The van der Waals surface area contributed by atoms with Crippen molar-refractivity contribution in [3.8, 4) is 0 Å². The molecule has 1 amide bonds. The second-order valence-corrected chi connectivity index (χ2v) is 6.34. The van der Waals surface area contributed by atoms with E-state index in [1.165, 1.54) is 0 Å². The van der Waals surface area contributed by atoms with Crippen LogP contribution in [0.4, 0.5) is 0 Å². The molecule has 2 rings (SSSR count). The summed E-state index contributed by atoms with van der Waals surface area (Å²) < 4.78 is 0. The maximum Gasteiger partial charge on any atom is 0.223 e. The van der Waals surface area contributed by atoms with E-state index in [9.17, 15) is 9.90 Å². The first-order chi connectivity index (χ1) is 8.53. The van der Waals surface area contributed by atoms with Gasteiger partial charge in [-0.3, -0.25) is 4.79 Å². The Morgan fingerprint density at radius 2 is 2.16 bits per heavy atom. The second-order valence-electron chi connectivity index (χ2n) is 6.34. The molecule has 1 heterocycles. The lowest BCUT2D eigenvalue weighted by atomic mass is 9.73. The molecule has 0 aromatic carbocycles. The third-order valence-corrected chi connectivity index (χ3v) is 4.88. The molecule has 112 valence electrons. The predicted octanol–water partition coefficient (Wildman–Crippen LogP) is 1.32. The van der Waals surface area contributed by atoms with Crippen LogP contribution in [-0.4, -0.2) is 36.8 Å². The van der Waals surface area contributed by atoms with Crippen molar-refractivity contribution < 1.29 is 9.90 Å². The molecule has 3 N–H and O–H groups in total. The Bertz CT molecular complexity index is 310. The van der Waals surface area contributed by atoms with Crippen molar-refractivity contribution in [2.75, 3.05) is 19.6 Å². The Kier molecular flexibility index (Phi) is 6.09. The van der Waals surface area contributed by atoms with Gasteiger partial charge in [0.2, 0.25) is 5.91 Å². The van der Waals surface area contributed by atoms with Crippen molar-refractivity contribution in [1.29, 1.82) is 0 Å². The maximum absolute atomic E-state index is 12.0. The molecule has 4 nitrogen and oxygen atoms in total. The van der Waals surface area contributed by atoms with E-state index in [2.05, 4.69) is 17.6 Å². The van der Waals surface area contributed by atoms with Crippen LogP contribution in [0.25, 0.3) is 0 Å². The third-order valence-electron chi connectivity index (χ3n) is 4.88. The first kappa shape index (κ1) is 16.7. The average Bonchev–Trinajstić information content (AvgIpc) is 2.28. The summed E-state index contributed by atoms with van der Waals surface area (Å²) in [5.74, 6) is 0.699. The number of aliphatic hydroxyl groups excluding tert-OH is 1. The number of rotatable bonds is 4. The fraction of sp³-hybridized carbons (Fsp3) is 0.929. The van der Waals surface area contributed by atoms with Gasteiger partial charge >= 0.3 is 0 Å². The Balaban J connectivity index is 0.00000180. The molecule has 2 aliphatic rings. The highest BCUT2D eigenvalue weighted by Crippen LogP contribution is 2.35. The van der Waals surface area contributed by atoms with E-state index < -0.39 is 0 Å². The molecular formula is C14H27ClN2O2. The Morgan fingerprint density at radius 1 is 1.47 bits per heavy atom. The van der Waals surface area contributed by atoms with E-state index in [1.54, 1.807) is 0 Å². The molecule has 2 fully saturated rings. The summed E-state index contributed by atoms with van der Waals surface area (Å²) >= 11 is 0. The van der Waals surface area contributed by atoms with Gasteiger partial charge in [-0.15, -0.1) is 12.4 Å². The van der Waals surface area contributed by atoms with Crippen molar-refractivity contribution in [2.24, 2.45) is 17.3 Å². The molecule has 3 atom stereocenters. The zero-order chi connectivity index (χ0) is 13.2. The first-order valence-electron chi connectivity index (χ1n) is 7.19. The number of halogens is 1. The van der Waals surface area contributed by atoms with Gasteiger partial charge in [0.25, 0.3) is 0 Å². The van der Waals surface area contributed by atoms with E-state index in [4.69, 9.17) is 0 Å². The highest BCUT2D eigenvalue weighted by molar-refractivity contribution is 5.85. The van der Waals surface area contributed by atoms with E-state index in [0.29, 0.717) is 12.5 Å². The minimum Gasteiger partial charge on any atom is -0.392 e. The largest absolute Gasteiger partial charge is 0.392 e. The molecule has 1 saturated heterocycles. The number of aliphatic hydroxyl groups is 1. The number of hydrogen-bond acceptors (Lipinski definition) is 3. The van der Waals surface area contributed by atoms with Gasteiger partial charge in [0.15, 0.2) is 0 Å². The van der Waals surface area contributed by atoms with Gasteiger partial charge < -0.3 is 15.7 Å². The topological polar surface area (TPSA) is 61.4 Å². The molecule has 5 heteroatoms. The van der Waals surface area contributed by atoms with Gasteiger partial charge in [0.05, 0.1) is 6.10 Å². The van der Waals surface area contributed by atoms with Gasteiger partial charge in [0, 0.05) is 17.9 Å². The van der Waals surface area contributed by atoms with Gasteiger partial charge in [-0.25, -0.2) is 0 Å². The lowest BCUT2D eigenvalue weighted by Gasteiger charge is -2.39. The first-order valence-corrected chi connectivity index (χ1v) is 7.19. The van der Waals surface area contributed by atoms with Crippen molar-refractivity contribution in [2.45, 2.75) is 45.6 Å². The SMILES string of the molecule is CC(C(=O)NCC1(C)CCCCC1O)C1CNC1.Cl. The van der Waals surface area contributed by atoms with Crippen LogP contribution in [0.1, 0.15) is 39.5 Å². The maximum atomic E-state index is 12.0. The Labute approximate surface area is 122 Å². The number of amides is 1. The minimum atomic E-state index is -0.271. The lowest BCUT2D eigenvalue weighted by molar-refractivity contribution is -0.127.